The summed E-state index contributed by atoms with van der Waals surface area (Å²) in [7, 11) is 0. The zero-order chi connectivity index (χ0) is 18.1. The lowest BCUT2D eigenvalue weighted by molar-refractivity contribution is 0.243. The molecule has 6 nitrogen and oxygen atoms in total. The van der Waals surface area contributed by atoms with Gasteiger partial charge in [-0.05, 0) is 31.0 Å². The number of hydrogen-bond acceptors (Lipinski definition) is 5. The van der Waals surface area contributed by atoms with Crippen molar-refractivity contribution < 1.29 is 4.74 Å². The van der Waals surface area contributed by atoms with Crippen LogP contribution in [0.2, 0.25) is 5.02 Å². The van der Waals surface area contributed by atoms with E-state index in [0.29, 0.717) is 23.1 Å². The minimum Gasteiger partial charge on any atom is -0.486 e. The lowest BCUT2D eigenvalue weighted by Crippen LogP contribution is -2.44. The van der Waals surface area contributed by atoms with Gasteiger partial charge in [0.2, 0.25) is 5.75 Å². The Hall–Kier alpha value is -2.05. The van der Waals surface area contributed by atoms with E-state index in [4.69, 9.17) is 16.3 Å². The van der Waals surface area contributed by atoms with E-state index >= 15 is 0 Å². The van der Waals surface area contributed by atoms with Crippen molar-refractivity contribution in [3.63, 3.8) is 0 Å². The van der Waals surface area contributed by atoms with Gasteiger partial charge in [0.1, 0.15) is 5.69 Å². The van der Waals surface area contributed by atoms with Crippen LogP contribution in [0.3, 0.4) is 0 Å². The molecule has 0 unspecified atom stereocenters. The molecule has 0 radical (unpaired) electrons. The average Bonchev–Trinajstić information content (AvgIpc) is 3.39. The van der Waals surface area contributed by atoms with Gasteiger partial charge in [0.05, 0.1) is 18.5 Å². The van der Waals surface area contributed by atoms with Crippen molar-refractivity contribution in [1.29, 1.82) is 0 Å². The second-order valence-electron chi connectivity index (χ2n) is 7.39. The number of nitrogens with zero attached hydrogens (tertiary/aromatic N) is 3. The summed E-state index contributed by atoms with van der Waals surface area (Å²) < 4.78 is 7.44. The van der Waals surface area contributed by atoms with Gasteiger partial charge < -0.3 is 15.0 Å². The molecule has 1 N–H and O–H groups in total. The fourth-order valence-electron chi connectivity index (χ4n) is 3.09. The number of ether oxygens (including phenoxy) is 1. The van der Waals surface area contributed by atoms with E-state index in [2.05, 4.69) is 22.2 Å². The molecule has 2 aromatic rings. The maximum Gasteiger partial charge on any atom is 0.316 e. The van der Waals surface area contributed by atoms with Gasteiger partial charge in [-0.3, -0.25) is 4.79 Å². The molecule has 1 aromatic heterocycles. The molecule has 1 aromatic carbocycles. The van der Waals surface area contributed by atoms with Gasteiger partial charge >= 0.3 is 5.56 Å². The van der Waals surface area contributed by atoms with Gasteiger partial charge in [0.15, 0.2) is 0 Å². The molecule has 2 heterocycles. The predicted molar refractivity (Wildman–Crippen MR) is 103 cm³/mol. The molecule has 0 spiro atoms. The standard InChI is InChI=1S/C19H23ClN4O2/c1-19(5-6-19)13-26-17-16(23-9-7-21-8-10-23)12-22-24(18(17)25)15-4-2-3-14(20)11-15/h2-4,11-12,21H,5-10,13H2,1H3. The van der Waals surface area contributed by atoms with E-state index in [1.54, 1.807) is 18.3 Å². The third-order valence-electron chi connectivity index (χ3n) is 5.09. The fraction of sp³-hybridized carbons (Fsp3) is 0.474. The first kappa shape index (κ1) is 17.4. The second-order valence-corrected chi connectivity index (χ2v) is 7.83. The normalized spacial score (nSPS) is 18.6. The van der Waals surface area contributed by atoms with E-state index < -0.39 is 0 Å². The zero-order valence-electron chi connectivity index (χ0n) is 14.9. The summed E-state index contributed by atoms with van der Waals surface area (Å²) in [4.78, 5) is 15.3. The van der Waals surface area contributed by atoms with Gasteiger partial charge in [-0.15, -0.1) is 0 Å². The lowest BCUT2D eigenvalue weighted by Gasteiger charge is -2.30. The molecule has 2 aliphatic rings. The van der Waals surface area contributed by atoms with Crippen LogP contribution in [0.15, 0.2) is 35.3 Å². The van der Waals surface area contributed by atoms with E-state index in [1.807, 2.05) is 12.1 Å². The Morgan fingerprint density at radius 3 is 2.77 bits per heavy atom. The summed E-state index contributed by atoms with van der Waals surface area (Å²) in [5.41, 5.74) is 1.36. The highest BCUT2D eigenvalue weighted by Crippen LogP contribution is 2.45. The number of nitrogens with one attached hydrogen (secondary N) is 1. The monoisotopic (exact) mass is 374 g/mol. The zero-order valence-corrected chi connectivity index (χ0v) is 15.6. The summed E-state index contributed by atoms with van der Waals surface area (Å²) >= 11 is 6.08. The van der Waals surface area contributed by atoms with E-state index in [1.165, 1.54) is 4.68 Å². The van der Waals surface area contributed by atoms with Crippen molar-refractivity contribution in [3.8, 4) is 11.4 Å². The molecule has 7 heteroatoms. The first-order chi connectivity index (χ1) is 12.6. The van der Waals surface area contributed by atoms with Crippen LogP contribution in [0.5, 0.6) is 5.75 Å². The Morgan fingerprint density at radius 2 is 2.08 bits per heavy atom. The average molecular weight is 375 g/mol. The number of anilines is 1. The molecule has 0 bridgehead atoms. The summed E-state index contributed by atoms with van der Waals surface area (Å²) in [5.74, 6) is 0.384. The Labute approximate surface area is 157 Å². The van der Waals surface area contributed by atoms with Crippen LogP contribution in [0.1, 0.15) is 19.8 Å². The number of benzene rings is 1. The number of aromatic nitrogens is 2. The van der Waals surface area contributed by atoms with Crippen molar-refractivity contribution in [2.75, 3.05) is 37.7 Å². The molecule has 0 atom stereocenters. The Balaban J connectivity index is 1.74. The molecule has 4 rings (SSSR count). The van der Waals surface area contributed by atoms with E-state index in [9.17, 15) is 4.79 Å². The third kappa shape index (κ3) is 3.57. The largest absolute Gasteiger partial charge is 0.486 e. The smallest absolute Gasteiger partial charge is 0.316 e. The maximum atomic E-state index is 13.2. The van der Waals surface area contributed by atoms with E-state index in [0.717, 1.165) is 44.7 Å². The second kappa shape index (κ2) is 6.93. The van der Waals surface area contributed by atoms with Crippen LogP contribution in [-0.4, -0.2) is 42.6 Å². The topological polar surface area (TPSA) is 59.4 Å². The number of hydrogen-bond donors (Lipinski definition) is 1. The molecule has 1 saturated heterocycles. The van der Waals surface area contributed by atoms with Crippen molar-refractivity contribution in [1.82, 2.24) is 15.1 Å². The quantitative estimate of drug-likeness (QED) is 0.871. The van der Waals surface area contributed by atoms with Gasteiger partial charge in [0.25, 0.3) is 0 Å². The van der Waals surface area contributed by atoms with Crippen LogP contribution in [0.25, 0.3) is 5.69 Å². The van der Waals surface area contributed by atoms with Crippen molar-refractivity contribution >= 4 is 17.3 Å². The van der Waals surface area contributed by atoms with Crippen LogP contribution in [0.4, 0.5) is 5.69 Å². The minimum absolute atomic E-state index is 0.192. The van der Waals surface area contributed by atoms with Gasteiger partial charge in [-0.25, -0.2) is 0 Å². The van der Waals surface area contributed by atoms with Gasteiger partial charge in [-0.2, -0.15) is 9.78 Å². The molecule has 1 saturated carbocycles. The molecule has 2 fully saturated rings. The molecule has 1 aliphatic heterocycles. The molecule has 0 amide bonds. The van der Waals surface area contributed by atoms with Crippen LogP contribution in [0, 0.1) is 5.41 Å². The first-order valence-corrected chi connectivity index (χ1v) is 9.40. The Morgan fingerprint density at radius 1 is 1.31 bits per heavy atom. The highest BCUT2D eigenvalue weighted by molar-refractivity contribution is 6.30. The molecule has 1 aliphatic carbocycles. The van der Waals surface area contributed by atoms with Crippen molar-refractivity contribution in [3.05, 3.63) is 45.8 Å². The lowest BCUT2D eigenvalue weighted by atomic mass is 10.2. The van der Waals surface area contributed by atoms with Crippen LogP contribution in [-0.2, 0) is 0 Å². The number of rotatable bonds is 5. The fourth-order valence-corrected chi connectivity index (χ4v) is 3.28. The van der Waals surface area contributed by atoms with Gasteiger partial charge in [-0.1, -0.05) is 24.6 Å². The highest BCUT2D eigenvalue weighted by Gasteiger charge is 2.38. The molecular weight excluding hydrogens is 352 g/mol. The molecular formula is C19H23ClN4O2. The maximum absolute atomic E-state index is 13.2. The summed E-state index contributed by atoms with van der Waals surface area (Å²) in [6.45, 7) is 6.17. The minimum atomic E-state index is -0.243. The summed E-state index contributed by atoms with van der Waals surface area (Å²) in [6, 6.07) is 7.13. The van der Waals surface area contributed by atoms with Crippen molar-refractivity contribution in [2.45, 2.75) is 19.8 Å². The van der Waals surface area contributed by atoms with E-state index in [-0.39, 0.29) is 11.0 Å². The SMILES string of the molecule is CC1(COc2c(N3CCNCC3)cnn(-c3cccc(Cl)c3)c2=O)CC1. The highest BCUT2D eigenvalue weighted by atomic mass is 35.5. The number of halogens is 1. The predicted octanol–water partition coefficient (Wildman–Crippen LogP) is 2.47. The Bertz CT molecular complexity index is 857. The molecule has 26 heavy (non-hydrogen) atoms. The number of piperazine rings is 1. The Kier molecular flexibility index (Phi) is 4.63. The van der Waals surface area contributed by atoms with Crippen molar-refractivity contribution in [2.24, 2.45) is 5.41 Å². The summed E-state index contributed by atoms with van der Waals surface area (Å²) in [6.07, 6.45) is 4.02. The third-order valence-corrected chi connectivity index (χ3v) is 5.33. The van der Waals surface area contributed by atoms with Gasteiger partial charge in [0, 0.05) is 36.6 Å². The molecule has 138 valence electrons. The summed E-state index contributed by atoms with van der Waals surface area (Å²) in [5, 5.41) is 8.28. The first-order valence-electron chi connectivity index (χ1n) is 9.03. The van der Waals surface area contributed by atoms with Crippen LogP contribution >= 0.6 is 11.6 Å². The van der Waals surface area contributed by atoms with Crippen LogP contribution < -0.4 is 20.5 Å².